The second kappa shape index (κ2) is 5.67. The Morgan fingerprint density at radius 1 is 1.28 bits per heavy atom. The van der Waals surface area contributed by atoms with Crippen LogP contribution in [0.3, 0.4) is 0 Å². The molecule has 0 radical (unpaired) electrons. The highest BCUT2D eigenvalue weighted by Gasteiger charge is 2.18. The predicted octanol–water partition coefficient (Wildman–Crippen LogP) is 3.16. The third-order valence-electron chi connectivity index (χ3n) is 3.02. The van der Waals surface area contributed by atoms with Crippen LogP contribution in [0.2, 0.25) is 0 Å². The minimum Gasteiger partial charge on any atom is -0.490 e. The molecule has 0 aromatic heterocycles. The second-order valence-corrected chi connectivity index (χ2v) is 4.41. The lowest BCUT2D eigenvalue weighted by Gasteiger charge is -2.24. The Kier molecular flexibility index (Phi) is 3.97. The monoisotopic (exact) mass is 250 g/mol. The van der Waals surface area contributed by atoms with Crippen LogP contribution in [0.5, 0.6) is 5.75 Å². The van der Waals surface area contributed by atoms with Gasteiger partial charge in [-0.05, 0) is 49.9 Å². The van der Waals surface area contributed by atoms with Crippen molar-refractivity contribution in [2.45, 2.75) is 31.8 Å². The van der Waals surface area contributed by atoms with Gasteiger partial charge in [-0.25, -0.2) is 9.18 Å². The Morgan fingerprint density at radius 2 is 1.89 bits per heavy atom. The molecule has 3 nitrogen and oxygen atoms in total. The number of allylic oxidation sites excluding steroid dienone is 1. The van der Waals surface area contributed by atoms with Crippen LogP contribution in [-0.4, -0.2) is 17.2 Å². The standard InChI is InChI=1S/C14H15FO3/c15-11-3-7-13(8-4-11)18-12-5-1-10(2-6-12)9-14(16)17/h3-4,7-9,12H,1-2,5-6H2,(H,16,17). The molecule has 0 aliphatic heterocycles. The number of carboxylic acids is 1. The summed E-state index contributed by atoms with van der Waals surface area (Å²) in [6.45, 7) is 0. The molecule has 0 atom stereocenters. The summed E-state index contributed by atoms with van der Waals surface area (Å²) in [6.07, 6.45) is 4.47. The third-order valence-corrected chi connectivity index (χ3v) is 3.02. The fourth-order valence-electron chi connectivity index (χ4n) is 2.10. The normalized spacial score (nSPS) is 19.4. The van der Waals surface area contributed by atoms with Gasteiger partial charge in [-0.3, -0.25) is 0 Å². The number of hydrogen-bond donors (Lipinski definition) is 1. The highest BCUT2D eigenvalue weighted by molar-refractivity contribution is 5.80. The lowest BCUT2D eigenvalue weighted by atomic mass is 9.92. The minimum absolute atomic E-state index is 0.0846. The SMILES string of the molecule is O=C(O)C=C1CCC(Oc2ccc(F)cc2)CC1. The second-order valence-electron chi connectivity index (χ2n) is 4.41. The molecule has 1 aliphatic carbocycles. The average Bonchev–Trinajstić information content (AvgIpc) is 2.34. The zero-order chi connectivity index (χ0) is 13.0. The number of aliphatic carboxylic acids is 1. The predicted molar refractivity (Wildman–Crippen MR) is 65.0 cm³/mol. The van der Waals surface area contributed by atoms with Gasteiger partial charge in [0.05, 0.1) is 6.10 Å². The first-order valence-corrected chi connectivity index (χ1v) is 5.98. The highest BCUT2D eigenvalue weighted by Crippen LogP contribution is 2.27. The van der Waals surface area contributed by atoms with Crippen LogP contribution in [0.4, 0.5) is 4.39 Å². The molecule has 1 aliphatic rings. The van der Waals surface area contributed by atoms with Crippen molar-refractivity contribution in [1.29, 1.82) is 0 Å². The number of ether oxygens (including phenoxy) is 1. The van der Waals surface area contributed by atoms with E-state index in [9.17, 15) is 9.18 Å². The molecule has 0 spiro atoms. The van der Waals surface area contributed by atoms with Crippen LogP contribution in [0, 0.1) is 5.82 Å². The van der Waals surface area contributed by atoms with Crippen LogP contribution in [-0.2, 0) is 4.79 Å². The van der Waals surface area contributed by atoms with Crippen molar-refractivity contribution < 1.29 is 19.0 Å². The molecular weight excluding hydrogens is 235 g/mol. The number of benzene rings is 1. The zero-order valence-corrected chi connectivity index (χ0v) is 9.93. The van der Waals surface area contributed by atoms with Gasteiger partial charge < -0.3 is 9.84 Å². The number of carboxylic acid groups (broad SMARTS) is 1. The number of halogens is 1. The van der Waals surface area contributed by atoms with E-state index in [1.165, 1.54) is 18.2 Å². The van der Waals surface area contributed by atoms with Gasteiger partial charge in [-0.2, -0.15) is 0 Å². The van der Waals surface area contributed by atoms with Gasteiger partial charge in [0.15, 0.2) is 0 Å². The number of carbonyl (C=O) groups is 1. The first kappa shape index (κ1) is 12.6. The lowest BCUT2D eigenvalue weighted by Crippen LogP contribution is -2.21. The van der Waals surface area contributed by atoms with Crippen molar-refractivity contribution in [2.75, 3.05) is 0 Å². The summed E-state index contributed by atoms with van der Waals surface area (Å²) in [5.74, 6) is -0.507. The molecule has 0 bridgehead atoms. The molecule has 1 saturated carbocycles. The maximum absolute atomic E-state index is 12.7. The summed E-state index contributed by atoms with van der Waals surface area (Å²) >= 11 is 0. The first-order chi connectivity index (χ1) is 8.63. The van der Waals surface area contributed by atoms with Crippen LogP contribution < -0.4 is 4.74 Å². The van der Waals surface area contributed by atoms with Gasteiger partial charge in [0, 0.05) is 6.08 Å². The summed E-state index contributed by atoms with van der Waals surface area (Å²) in [5, 5.41) is 8.65. The van der Waals surface area contributed by atoms with Gasteiger partial charge in [0.2, 0.25) is 0 Å². The number of rotatable bonds is 3. The average molecular weight is 250 g/mol. The maximum Gasteiger partial charge on any atom is 0.328 e. The van der Waals surface area contributed by atoms with Gasteiger partial charge in [-0.15, -0.1) is 0 Å². The molecule has 0 unspecified atom stereocenters. The van der Waals surface area contributed by atoms with E-state index in [1.54, 1.807) is 12.1 Å². The highest BCUT2D eigenvalue weighted by atomic mass is 19.1. The molecule has 2 rings (SSSR count). The first-order valence-electron chi connectivity index (χ1n) is 5.98. The molecule has 96 valence electrons. The maximum atomic E-state index is 12.7. The summed E-state index contributed by atoms with van der Waals surface area (Å²) in [5.41, 5.74) is 0.960. The Balaban J connectivity index is 1.87. The lowest BCUT2D eigenvalue weighted by molar-refractivity contribution is -0.131. The largest absolute Gasteiger partial charge is 0.490 e. The molecule has 1 N–H and O–H groups in total. The van der Waals surface area contributed by atoms with E-state index in [-0.39, 0.29) is 11.9 Å². The van der Waals surface area contributed by atoms with Crippen LogP contribution >= 0.6 is 0 Å². The number of hydrogen-bond acceptors (Lipinski definition) is 2. The molecule has 1 fully saturated rings. The fraction of sp³-hybridized carbons (Fsp3) is 0.357. The molecule has 0 amide bonds. The molecule has 0 saturated heterocycles. The Labute approximate surface area is 105 Å². The van der Waals surface area contributed by atoms with Gasteiger partial charge in [0.1, 0.15) is 11.6 Å². The van der Waals surface area contributed by atoms with Crippen molar-refractivity contribution in [3.8, 4) is 5.75 Å². The molecule has 1 aromatic rings. The van der Waals surface area contributed by atoms with Crippen molar-refractivity contribution in [3.05, 3.63) is 41.7 Å². The van der Waals surface area contributed by atoms with Crippen LogP contribution in [0.25, 0.3) is 0 Å². The van der Waals surface area contributed by atoms with Gasteiger partial charge in [-0.1, -0.05) is 5.57 Å². The van der Waals surface area contributed by atoms with Gasteiger partial charge >= 0.3 is 5.97 Å². The Hall–Kier alpha value is -1.84. The smallest absolute Gasteiger partial charge is 0.328 e. The quantitative estimate of drug-likeness (QED) is 0.838. The zero-order valence-electron chi connectivity index (χ0n) is 9.93. The molecular formula is C14H15FO3. The van der Waals surface area contributed by atoms with E-state index in [0.717, 1.165) is 31.3 Å². The minimum atomic E-state index is -0.886. The summed E-state index contributed by atoms with van der Waals surface area (Å²) in [4.78, 5) is 10.5. The van der Waals surface area contributed by atoms with E-state index in [0.29, 0.717) is 5.75 Å². The van der Waals surface area contributed by atoms with E-state index in [4.69, 9.17) is 9.84 Å². The molecule has 1 aromatic carbocycles. The van der Waals surface area contributed by atoms with E-state index in [2.05, 4.69) is 0 Å². The van der Waals surface area contributed by atoms with E-state index >= 15 is 0 Å². The van der Waals surface area contributed by atoms with E-state index < -0.39 is 5.97 Å². The van der Waals surface area contributed by atoms with E-state index in [1.807, 2.05) is 0 Å². The third kappa shape index (κ3) is 3.58. The van der Waals surface area contributed by atoms with Crippen molar-refractivity contribution in [2.24, 2.45) is 0 Å². The summed E-state index contributed by atoms with van der Waals surface area (Å²) in [6, 6.07) is 5.96. The van der Waals surface area contributed by atoms with Crippen molar-refractivity contribution >= 4 is 5.97 Å². The summed E-state index contributed by atoms with van der Waals surface area (Å²) < 4.78 is 18.4. The summed E-state index contributed by atoms with van der Waals surface area (Å²) in [7, 11) is 0. The van der Waals surface area contributed by atoms with Crippen LogP contribution in [0.15, 0.2) is 35.9 Å². The molecule has 0 heterocycles. The fourth-order valence-corrected chi connectivity index (χ4v) is 2.10. The van der Waals surface area contributed by atoms with Crippen LogP contribution in [0.1, 0.15) is 25.7 Å². The Morgan fingerprint density at radius 3 is 2.44 bits per heavy atom. The van der Waals surface area contributed by atoms with Gasteiger partial charge in [0.25, 0.3) is 0 Å². The molecule has 18 heavy (non-hydrogen) atoms. The topological polar surface area (TPSA) is 46.5 Å². The van der Waals surface area contributed by atoms with Crippen molar-refractivity contribution in [1.82, 2.24) is 0 Å². The Bertz CT molecular complexity index is 441. The van der Waals surface area contributed by atoms with Crippen molar-refractivity contribution in [3.63, 3.8) is 0 Å². The molecule has 4 heteroatoms.